The third-order valence-corrected chi connectivity index (χ3v) is 4.65. The topological polar surface area (TPSA) is 46.9 Å². The number of benzene rings is 1. The fraction of sp³-hybridized carbons (Fsp3) is 0.125. The molecule has 0 unspecified atom stereocenters. The van der Waals surface area contributed by atoms with E-state index in [0.29, 0.717) is 17.4 Å². The van der Waals surface area contributed by atoms with E-state index < -0.39 is 40.9 Å². The van der Waals surface area contributed by atoms with Crippen molar-refractivity contribution in [3.8, 4) is 10.6 Å². The highest BCUT2D eigenvalue weighted by atomic mass is 32.1. The first kappa shape index (κ1) is 19.0. The summed E-state index contributed by atoms with van der Waals surface area (Å²) < 4.78 is 80.5. The van der Waals surface area contributed by atoms with E-state index in [1.807, 2.05) is 5.32 Å². The molecule has 0 fully saturated rings. The van der Waals surface area contributed by atoms with E-state index in [-0.39, 0.29) is 15.4 Å². The first-order chi connectivity index (χ1) is 12.6. The molecule has 0 radical (unpaired) electrons. The molecule has 0 bridgehead atoms. The van der Waals surface area contributed by atoms with Gasteiger partial charge in [-0.25, -0.2) is 13.2 Å². The molecular weight excluding hydrogens is 396 g/mol. The summed E-state index contributed by atoms with van der Waals surface area (Å²) in [6.45, 7) is 0. The Kier molecular flexibility index (Phi) is 4.72. The number of para-hydroxylation sites is 1. The molecule has 0 aliphatic carbocycles. The van der Waals surface area contributed by atoms with E-state index in [4.69, 9.17) is 0 Å². The van der Waals surface area contributed by atoms with Gasteiger partial charge in [-0.15, -0.1) is 11.3 Å². The van der Waals surface area contributed by atoms with Crippen LogP contribution in [0.5, 0.6) is 0 Å². The number of hydrogen-bond donors (Lipinski definition) is 1. The number of halogens is 6. The number of carbonyl (C=O) groups is 1. The fourth-order valence-corrected chi connectivity index (χ4v) is 3.24. The zero-order chi connectivity index (χ0) is 19.9. The zero-order valence-electron chi connectivity index (χ0n) is 13.4. The first-order valence-electron chi connectivity index (χ1n) is 7.24. The van der Waals surface area contributed by atoms with Gasteiger partial charge in [0.2, 0.25) is 0 Å². The summed E-state index contributed by atoms with van der Waals surface area (Å²) in [5, 5.41) is 5.26. The smallest absolute Gasteiger partial charge is 0.316 e. The Labute approximate surface area is 152 Å². The average molecular weight is 405 g/mol. The molecule has 4 nitrogen and oxygen atoms in total. The van der Waals surface area contributed by atoms with Crippen molar-refractivity contribution in [3.63, 3.8) is 0 Å². The van der Waals surface area contributed by atoms with Crippen molar-refractivity contribution in [2.45, 2.75) is 6.18 Å². The molecule has 1 aromatic carbocycles. The number of carbonyl (C=O) groups excluding carboxylic acids is 1. The molecule has 0 saturated carbocycles. The summed E-state index contributed by atoms with van der Waals surface area (Å²) in [6.07, 6.45) is -4.72. The van der Waals surface area contributed by atoms with Gasteiger partial charge in [0.15, 0.2) is 5.69 Å². The Morgan fingerprint density at radius 1 is 1.11 bits per heavy atom. The number of aryl methyl sites for hydroxylation is 1. The molecule has 2 heterocycles. The van der Waals surface area contributed by atoms with Crippen LogP contribution in [0.15, 0.2) is 30.3 Å². The minimum atomic E-state index is -4.72. The van der Waals surface area contributed by atoms with Gasteiger partial charge < -0.3 is 5.32 Å². The molecule has 1 amide bonds. The van der Waals surface area contributed by atoms with Crippen LogP contribution in [0.3, 0.4) is 0 Å². The quantitative estimate of drug-likeness (QED) is 0.634. The average Bonchev–Trinajstić information content (AvgIpc) is 3.13. The van der Waals surface area contributed by atoms with Crippen LogP contribution in [0.4, 0.5) is 32.0 Å². The third-order valence-electron chi connectivity index (χ3n) is 3.51. The molecule has 1 N–H and O–H groups in total. The number of nitrogens with zero attached hydrogens (tertiary/aromatic N) is 2. The van der Waals surface area contributed by atoms with Gasteiger partial charge >= 0.3 is 6.18 Å². The molecule has 0 spiro atoms. The lowest BCUT2D eigenvalue weighted by atomic mass is 10.2. The highest BCUT2D eigenvalue weighted by molar-refractivity contribution is 7.17. The number of amides is 1. The predicted molar refractivity (Wildman–Crippen MR) is 85.8 cm³/mol. The lowest BCUT2D eigenvalue weighted by molar-refractivity contribution is -0.141. The second-order valence-corrected chi connectivity index (χ2v) is 6.43. The van der Waals surface area contributed by atoms with Crippen LogP contribution in [0, 0.1) is 17.5 Å². The van der Waals surface area contributed by atoms with Crippen LogP contribution < -0.4 is 5.32 Å². The van der Waals surface area contributed by atoms with Gasteiger partial charge in [-0.05, 0) is 24.3 Å². The molecule has 142 valence electrons. The second kappa shape index (κ2) is 6.72. The molecule has 0 aliphatic rings. The summed E-state index contributed by atoms with van der Waals surface area (Å²) >= 11 is 0.530. The van der Waals surface area contributed by atoms with Crippen molar-refractivity contribution < 1.29 is 31.1 Å². The van der Waals surface area contributed by atoms with E-state index in [1.165, 1.54) is 7.05 Å². The van der Waals surface area contributed by atoms with Crippen LogP contribution in [0.2, 0.25) is 0 Å². The van der Waals surface area contributed by atoms with Crippen LogP contribution >= 0.6 is 11.3 Å². The molecule has 3 rings (SSSR count). The van der Waals surface area contributed by atoms with E-state index in [0.717, 1.165) is 28.9 Å². The van der Waals surface area contributed by atoms with Gasteiger partial charge in [0.1, 0.15) is 23.1 Å². The van der Waals surface area contributed by atoms with Gasteiger partial charge in [0.25, 0.3) is 5.91 Å². The fourth-order valence-electron chi connectivity index (χ4n) is 2.27. The van der Waals surface area contributed by atoms with Gasteiger partial charge in [-0.2, -0.15) is 18.3 Å². The van der Waals surface area contributed by atoms with Crippen molar-refractivity contribution in [3.05, 3.63) is 58.4 Å². The van der Waals surface area contributed by atoms with Crippen molar-refractivity contribution in [1.29, 1.82) is 0 Å². The number of thiophene rings is 1. The highest BCUT2D eigenvalue weighted by Crippen LogP contribution is 2.36. The molecule has 27 heavy (non-hydrogen) atoms. The van der Waals surface area contributed by atoms with Crippen LogP contribution in [-0.4, -0.2) is 15.7 Å². The summed E-state index contributed by atoms with van der Waals surface area (Å²) in [4.78, 5) is 11.6. The van der Waals surface area contributed by atoms with E-state index >= 15 is 0 Å². The Morgan fingerprint density at radius 3 is 2.30 bits per heavy atom. The molecular formula is C16H9F6N3OS. The summed E-state index contributed by atoms with van der Waals surface area (Å²) in [6, 6.07) is 4.37. The number of rotatable bonds is 3. The number of alkyl halides is 3. The first-order valence-corrected chi connectivity index (χ1v) is 8.06. The Bertz CT molecular complexity index is 1000. The van der Waals surface area contributed by atoms with Crippen LogP contribution in [-0.2, 0) is 13.2 Å². The maximum atomic E-state index is 14.2. The van der Waals surface area contributed by atoms with Crippen molar-refractivity contribution in [1.82, 2.24) is 9.78 Å². The molecule has 3 aromatic rings. The lowest BCUT2D eigenvalue weighted by Gasteiger charge is -2.05. The maximum absolute atomic E-state index is 14.2. The number of aromatic nitrogens is 2. The van der Waals surface area contributed by atoms with Crippen molar-refractivity contribution in [2.24, 2.45) is 7.05 Å². The van der Waals surface area contributed by atoms with Crippen LogP contribution in [0.1, 0.15) is 15.4 Å². The monoisotopic (exact) mass is 405 g/mol. The third kappa shape index (κ3) is 3.68. The largest absolute Gasteiger partial charge is 0.435 e. The van der Waals surface area contributed by atoms with E-state index in [9.17, 15) is 31.1 Å². The Balaban J connectivity index is 1.93. The molecule has 11 heteroatoms. The second-order valence-electron chi connectivity index (χ2n) is 5.37. The molecule has 0 saturated heterocycles. The highest BCUT2D eigenvalue weighted by Gasteiger charge is 2.35. The summed E-state index contributed by atoms with van der Waals surface area (Å²) in [5.74, 6) is -4.02. The van der Waals surface area contributed by atoms with Gasteiger partial charge in [0.05, 0.1) is 15.4 Å². The van der Waals surface area contributed by atoms with Gasteiger partial charge in [-0.1, -0.05) is 6.07 Å². The lowest BCUT2D eigenvalue weighted by Crippen LogP contribution is -2.12. The molecule has 0 atom stereocenters. The minimum absolute atomic E-state index is 0.194. The number of hydrogen-bond acceptors (Lipinski definition) is 3. The zero-order valence-corrected chi connectivity index (χ0v) is 14.2. The summed E-state index contributed by atoms with van der Waals surface area (Å²) in [5.41, 5.74) is -2.12. The Morgan fingerprint density at radius 2 is 1.74 bits per heavy atom. The normalized spacial score (nSPS) is 11.7. The SMILES string of the molecule is Cn1nc(C(F)(F)F)cc1-c1sc(C(=O)Nc2c(F)cccc2F)cc1F. The maximum Gasteiger partial charge on any atom is 0.435 e. The minimum Gasteiger partial charge on any atom is -0.316 e. The predicted octanol–water partition coefficient (Wildman–Crippen LogP) is 4.84. The van der Waals surface area contributed by atoms with Crippen LogP contribution in [0.25, 0.3) is 10.6 Å². The molecule has 0 aliphatic heterocycles. The van der Waals surface area contributed by atoms with E-state index in [1.54, 1.807) is 0 Å². The van der Waals surface area contributed by atoms with Crippen molar-refractivity contribution in [2.75, 3.05) is 5.32 Å². The van der Waals surface area contributed by atoms with Crippen molar-refractivity contribution >= 4 is 22.9 Å². The number of anilines is 1. The van der Waals surface area contributed by atoms with Gasteiger partial charge in [0, 0.05) is 7.05 Å². The standard InChI is InChI=1S/C16H9F6N3OS/c1-25-10(6-12(24-25)16(20,21)22)14-9(19)5-11(27-14)15(26)23-13-7(17)3-2-4-8(13)18/h2-6H,1H3,(H,23,26). The number of nitrogens with one attached hydrogen (secondary N) is 1. The Hall–Kier alpha value is -2.82. The molecule has 2 aromatic heterocycles. The summed E-state index contributed by atoms with van der Waals surface area (Å²) in [7, 11) is 1.19. The van der Waals surface area contributed by atoms with E-state index in [2.05, 4.69) is 5.10 Å². The van der Waals surface area contributed by atoms with Gasteiger partial charge in [-0.3, -0.25) is 9.48 Å².